The first-order chi connectivity index (χ1) is 10.1. The maximum atomic E-state index is 13.5. The number of furan rings is 1. The smallest absolute Gasteiger partial charge is 0.287 e. The van der Waals surface area contributed by atoms with Gasteiger partial charge >= 0.3 is 0 Å². The van der Waals surface area contributed by atoms with Gasteiger partial charge in [0, 0.05) is 17.5 Å². The Labute approximate surface area is 128 Å². The minimum Gasteiger partial charge on any atom is -0.450 e. The van der Waals surface area contributed by atoms with Crippen LogP contribution in [0.2, 0.25) is 0 Å². The van der Waals surface area contributed by atoms with Gasteiger partial charge in [0.2, 0.25) is 0 Å². The summed E-state index contributed by atoms with van der Waals surface area (Å²) in [5.74, 6) is -0.514. The van der Waals surface area contributed by atoms with Crippen molar-refractivity contribution in [1.82, 2.24) is 5.32 Å². The number of carbonyl (C=O) groups excluding carboxylic acids is 1. The maximum Gasteiger partial charge on any atom is 0.287 e. The molecule has 21 heavy (non-hydrogen) atoms. The highest BCUT2D eigenvalue weighted by molar-refractivity contribution is 9.10. The number of para-hydroxylation sites is 1. The van der Waals surface area contributed by atoms with Crippen molar-refractivity contribution in [2.45, 2.75) is 6.54 Å². The number of nitrogens with one attached hydrogen (secondary N) is 1. The van der Waals surface area contributed by atoms with E-state index in [-0.39, 0.29) is 24.0 Å². The lowest BCUT2D eigenvalue weighted by molar-refractivity contribution is 0.0925. The van der Waals surface area contributed by atoms with Crippen LogP contribution in [0.4, 0.5) is 4.39 Å². The molecule has 106 valence electrons. The van der Waals surface area contributed by atoms with Crippen LogP contribution in [0.3, 0.4) is 0 Å². The third kappa shape index (κ3) is 2.83. The zero-order valence-electron chi connectivity index (χ0n) is 10.9. The van der Waals surface area contributed by atoms with Gasteiger partial charge in [0.15, 0.2) is 5.76 Å². The van der Waals surface area contributed by atoms with E-state index in [1.807, 2.05) is 18.2 Å². The number of hydrogen-bond donors (Lipinski definition) is 1. The zero-order valence-corrected chi connectivity index (χ0v) is 12.5. The maximum absolute atomic E-state index is 13.5. The summed E-state index contributed by atoms with van der Waals surface area (Å²) in [4.78, 5) is 12.1. The van der Waals surface area contributed by atoms with E-state index in [0.717, 1.165) is 9.86 Å². The molecular formula is C16H11BrFNO2. The van der Waals surface area contributed by atoms with Crippen LogP contribution in [0.5, 0.6) is 0 Å². The number of rotatable bonds is 3. The van der Waals surface area contributed by atoms with Gasteiger partial charge in [-0.15, -0.1) is 0 Å². The summed E-state index contributed by atoms with van der Waals surface area (Å²) in [7, 11) is 0. The Morgan fingerprint density at radius 3 is 2.76 bits per heavy atom. The predicted molar refractivity (Wildman–Crippen MR) is 81.5 cm³/mol. The summed E-state index contributed by atoms with van der Waals surface area (Å²) in [5.41, 5.74) is 1.05. The predicted octanol–water partition coefficient (Wildman–Crippen LogP) is 4.26. The first-order valence-corrected chi connectivity index (χ1v) is 7.14. The summed E-state index contributed by atoms with van der Waals surface area (Å²) in [6.45, 7) is 0.115. The molecule has 3 rings (SSSR count). The van der Waals surface area contributed by atoms with Crippen LogP contribution < -0.4 is 5.32 Å². The fourth-order valence-electron chi connectivity index (χ4n) is 2.04. The lowest BCUT2D eigenvalue weighted by Crippen LogP contribution is -2.22. The Morgan fingerprint density at radius 1 is 1.19 bits per heavy atom. The summed E-state index contributed by atoms with van der Waals surface area (Å²) in [5, 5.41) is 3.48. The van der Waals surface area contributed by atoms with Gasteiger partial charge in [0.1, 0.15) is 11.4 Å². The number of halogens is 2. The Morgan fingerprint density at radius 2 is 2.00 bits per heavy atom. The van der Waals surface area contributed by atoms with Crippen molar-refractivity contribution in [3.8, 4) is 0 Å². The fraction of sp³-hybridized carbons (Fsp3) is 0.0625. The van der Waals surface area contributed by atoms with Gasteiger partial charge in [0.05, 0.1) is 4.47 Å². The molecule has 3 nitrogen and oxygen atoms in total. The first kappa shape index (κ1) is 13.8. The molecule has 5 heteroatoms. The molecule has 1 amide bonds. The number of hydrogen-bond acceptors (Lipinski definition) is 2. The van der Waals surface area contributed by atoms with Crippen LogP contribution in [0, 0.1) is 5.82 Å². The molecule has 0 aliphatic heterocycles. The lowest BCUT2D eigenvalue weighted by atomic mass is 10.2. The molecule has 0 fully saturated rings. The largest absolute Gasteiger partial charge is 0.450 e. The number of amides is 1. The summed E-state index contributed by atoms with van der Waals surface area (Å²) in [6, 6.07) is 13.6. The molecular weight excluding hydrogens is 337 g/mol. The van der Waals surface area contributed by atoms with E-state index in [1.54, 1.807) is 24.3 Å². The lowest BCUT2D eigenvalue weighted by Gasteiger charge is -2.04. The highest BCUT2D eigenvalue weighted by Gasteiger charge is 2.14. The average molecular weight is 348 g/mol. The molecule has 3 aromatic rings. The van der Waals surface area contributed by atoms with Crippen LogP contribution in [-0.2, 0) is 6.54 Å². The summed E-state index contributed by atoms with van der Waals surface area (Å²) in [6.07, 6.45) is 0. The van der Waals surface area contributed by atoms with Gasteiger partial charge in [-0.2, -0.15) is 0 Å². The Balaban J connectivity index is 1.78. The minimum atomic E-state index is -0.374. The second-order valence-electron chi connectivity index (χ2n) is 4.54. The number of benzene rings is 2. The van der Waals surface area contributed by atoms with E-state index >= 15 is 0 Å². The first-order valence-electron chi connectivity index (χ1n) is 6.35. The molecule has 1 N–H and O–H groups in total. The van der Waals surface area contributed by atoms with Gasteiger partial charge in [-0.1, -0.05) is 30.3 Å². The summed E-state index contributed by atoms with van der Waals surface area (Å²) >= 11 is 3.37. The third-order valence-electron chi connectivity index (χ3n) is 3.12. The molecule has 0 saturated carbocycles. The third-order valence-corrected chi connectivity index (χ3v) is 3.74. The summed E-state index contributed by atoms with van der Waals surface area (Å²) < 4.78 is 19.8. The Hall–Kier alpha value is -2.14. The molecule has 0 spiro atoms. The van der Waals surface area contributed by atoms with E-state index in [9.17, 15) is 9.18 Å². The van der Waals surface area contributed by atoms with E-state index in [0.29, 0.717) is 11.1 Å². The Kier molecular flexibility index (Phi) is 3.75. The second-order valence-corrected chi connectivity index (χ2v) is 5.40. The molecule has 1 heterocycles. The standard InChI is InChI=1S/C16H11BrFNO2/c17-12-6-3-5-10-8-14(21-15(10)12)16(20)19-9-11-4-1-2-7-13(11)18/h1-8H,9H2,(H,19,20). The van der Waals surface area contributed by atoms with Crippen molar-refractivity contribution >= 4 is 32.8 Å². The molecule has 0 aliphatic rings. The van der Waals surface area contributed by atoms with Crippen molar-refractivity contribution in [2.24, 2.45) is 0 Å². The van der Waals surface area contributed by atoms with Gasteiger partial charge in [0.25, 0.3) is 5.91 Å². The quantitative estimate of drug-likeness (QED) is 0.768. The zero-order chi connectivity index (χ0) is 14.8. The fourth-order valence-corrected chi connectivity index (χ4v) is 2.51. The van der Waals surface area contributed by atoms with Crippen molar-refractivity contribution in [1.29, 1.82) is 0 Å². The van der Waals surface area contributed by atoms with Gasteiger partial charge in [-0.05, 0) is 34.1 Å². The molecule has 0 aliphatic carbocycles. The molecule has 0 atom stereocenters. The van der Waals surface area contributed by atoms with Gasteiger partial charge in [-0.25, -0.2) is 4.39 Å². The van der Waals surface area contributed by atoms with E-state index in [2.05, 4.69) is 21.2 Å². The van der Waals surface area contributed by atoms with Gasteiger partial charge in [-0.3, -0.25) is 4.79 Å². The van der Waals surface area contributed by atoms with Crippen LogP contribution in [0.25, 0.3) is 11.0 Å². The van der Waals surface area contributed by atoms with Crippen LogP contribution in [0.1, 0.15) is 16.1 Å². The van der Waals surface area contributed by atoms with Gasteiger partial charge < -0.3 is 9.73 Å². The monoisotopic (exact) mass is 347 g/mol. The van der Waals surface area contributed by atoms with Crippen molar-refractivity contribution < 1.29 is 13.6 Å². The highest BCUT2D eigenvalue weighted by Crippen LogP contribution is 2.26. The molecule has 0 radical (unpaired) electrons. The van der Waals surface area contributed by atoms with Crippen molar-refractivity contribution in [3.05, 3.63) is 70.1 Å². The molecule has 1 aromatic heterocycles. The van der Waals surface area contributed by atoms with Crippen LogP contribution >= 0.6 is 15.9 Å². The highest BCUT2D eigenvalue weighted by atomic mass is 79.9. The van der Waals surface area contributed by atoms with Crippen LogP contribution in [0.15, 0.2) is 57.4 Å². The SMILES string of the molecule is O=C(NCc1ccccc1F)c1cc2cccc(Br)c2o1. The van der Waals surface area contributed by atoms with Crippen molar-refractivity contribution in [2.75, 3.05) is 0 Å². The Bertz CT molecular complexity index is 813. The molecule has 2 aromatic carbocycles. The van der Waals surface area contributed by atoms with Crippen molar-refractivity contribution in [3.63, 3.8) is 0 Å². The average Bonchev–Trinajstić information content (AvgIpc) is 2.92. The second kappa shape index (κ2) is 5.69. The molecule has 0 unspecified atom stereocenters. The topological polar surface area (TPSA) is 42.2 Å². The molecule has 0 saturated heterocycles. The van der Waals surface area contributed by atoms with E-state index in [1.165, 1.54) is 6.07 Å². The molecule has 0 bridgehead atoms. The van der Waals surface area contributed by atoms with Crippen LogP contribution in [-0.4, -0.2) is 5.91 Å². The van der Waals surface area contributed by atoms with E-state index < -0.39 is 0 Å². The number of carbonyl (C=O) groups is 1. The minimum absolute atomic E-state index is 0.115. The normalized spacial score (nSPS) is 10.8. The van der Waals surface area contributed by atoms with E-state index in [4.69, 9.17) is 4.42 Å². The number of fused-ring (bicyclic) bond motifs is 1.